The van der Waals surface area contributed by atoms with E-state index in [1.807, 2.05) is 4.72 Å². The summed E-state index contributed by atoms with van der Waals surface area (Å²) in [6.45, 7) is 0. The van der Waals surface area contributed by atoms with E-state index in [1.165, 1.54) is 12.1 Å². The molecule has 0 saturated carbocycles. The Bertz CT molecular complexity index is 697. The summed E-state index contributed by atoms with van der Waals surface area (Å²) in [5.74, 6) is -1.93. The smallest absolute Gasteiger partial charge is 0.262 e. The topological polar surface area (TPSA) is 46.2 Å². The summed E-state index contributed by atoms with van der Waals surface area (Å²) in [5.41, 5.74) is 0.207. The van der Waals surface area contributed by atoms with Crippen LogP contribution in [-0.4, -0.2) is 8.42 Å². The van der Waals surface area contributed by atoms with Gasteiger partial charge in [-0.1, -0.05) is 34.1 Å². The van der Waals surface area contributed by atoms with E-state index in [9.17, 15) is 17.2 Å². The van der Waals surface area contributed by atoms with Gasteiger partial charge in [0.15, 0.2) is 0 Å². The number of nitrogens with one attached hydrogen (secondary N) is 1. The molecule has 0 bridgehead atoms. The highest BCUT2D eigenvalue weighted by Gasteiger charge is 2.18. The van der Waals surface area contributed by atoms with Gasteiger partial charge in [-0.15, -0.1) is 0 Å². The molecule has 0 aliphatic heterocycles. The number of rotatable bonds is 4. The van der Waals surface area contributed by atoms with Crippen LogP contribution in [0.2, 0.25) is 0 Å². The van der Waals surface area contributed by atoms with E-state index in [4.69, 9.17) is 0 Å². The van der Waals surface area contributed by atoms with Crippen molar-refractivity contribution >= 4 is 31.6 Å². The van der Waals surface area contributed by atoms with Crippen LogP contribution >= 0.6 is 15.9 Å². The summed E-state index contributed by atoms with van der Waals surface area (Å²) in [4.78, 5) is -0.0650. The fourth-order valence-electron chi connectivity index (χ4n) is 1.55. The second-order valence-corrected chi connectivity index (χ2v) is 6.22. The summed E-state index contributed by atoms with van der Waals surface area (Å²) in [6.07, 6.45) is 0. The van der Waals surface area contributed by atoms with E-state index in [0.29, 0.717) is 5.33 Å². The number of para-hydroxylation sites is 1. The molecule has 106 valence electrons. The Morgan fingerprint density at radius 2 is 1.55 bits per heavy atom. The molecular weight excluding hydrogens is 352 g/mol. The Kier molecular flexibility index (Phi) is 4.39. The van der Waals surface area contributed by atoms with Gasteiger partial charge in [-0.05, 0) is 29.8 Å². The van der Waals surface area contributed by atoms with E-state index in [2.05, 4.69) is 15.9 Å². The van der Waals surface area contributed by atoms with Crippen LogP contribution < -0.4 is 4.72 Å². The molecule has 0 unspecified atom stereocenters. The van der Waals surface area contributed by atoms with E-state index in [-0.39, 0.29) is 4.90 Å². The maximum Gasteiger partial charge on any atom is 0.262 e. The Hall–Kier alpha value is -1.47. The molecule has 2 rings (SSSR count). The SMILES string of the molecule is O=S(=O)(Nc1c(F)cccc1F)c1ccc(CBr)cc1. The van der Waals surface area contributed by atoms with Crippen LogP contribution in [0, 0.1) is 11.6 Å². The number of sulfonamides is 1. The molecule has 0 aromatic heterocycles. The maximum atomic E-state index is 13.4. The highest BCUT2D eigenvalue weighted by atomic mass is 79.9. The molecule has 3 nitrogen and oxygen atoms in total. The van der Waals surface area contributed by atoms with E-state index in [0.717, 1.165) is 23.8 Å². The molecule has 0 heterocycles. The van der Waals surface area contributed by atoms with Gasteiger partial charge in [0, 0.05) is 5.33 Å². The van der Waals surface area contributed by atoms with Gasteiger partial charge in [-0.3, -0.25) is 4.72 Å². The zero-order chi connectivity index (χ0) is 14.8. The second-order valence-electron chi connectivity index (χ2n) is 3.98. The number of hydrogen-bond acceptors (Lipinski definition) is 2. The van der Waals surface area contributed by atoms with Gasteiger partial charge >= 0.3 is 0 Å². The molecule has 7 heteroatoms. The molecule has 0 amide bonds. The Labute approximate surface area is 123 Å². The standard InChI is InChI=1S/C13H10BrF2NO2S/c14-8-9-4-6-10(7-5-9)20(18,19)17-13-11(15)2-1-3-12(13)16/h1-7,17H,8H2. The van der Waals surface area contributed by atoms with Crippen LogP contribution in [-0.2, 0) is 15.4 Å². The number of anilines is 1. The van der Waals surface area contributed by atoms with Gasteiger partial charge in [0.05, 0.1) is 4.90 Å². The molecule has 0 aliphatic carbocycles. The lowest BCUT2D eigenvalue weighted by molar-refractivity contribution is 0.583. The molecule has 0 radical (unpaired) electrons. The van der Waals surface area contributed by atoms with Gasteiger partial charge in [0.1, 0.15) is 17.3 Å². The molecule has 1 N–H and O–H groups in total. The summed E-state index contributed by atoms with van der Waals surface area (Å²) in [7, 11) is -4.03. The average Bonchev–Trinajstić information content (AvgIpc) is 2.43. The number of hydrogen-bond donors (Lipinski definition) is 1. The molecular formula is C13H10BrF2NO2S. The Balaban J connectivity index is 2.35. The van der Waals surface area contributed by atoms with Crippen molar-refractivity contribution in [3.8, 4) is 0 Å². The highest BCUT2D eigenvalue weighted by molar-refractivity contribution is 9.08. The number of benzene rings is 2. The van der Waals surface area contributed by atoms with Gasteiger partial charge < -0.3 is 0 Å². The van der Waals surface area contributed by atoms with Crippen molar-refractivity contribution < 1.29 is 17.2 Å². The van der Waals surface area contributed by atoms with Gasteiger partial charge in [0.25, 0.3) is 10.0 Å². The molecule has 20 heavy (non-hydrogen) atoms. The van der Waals surface area contributed by atoms with Gasteiger partial charge in [0.2, 0.25) is 0 Å². The summed E-state index contributed by atoms with van der Waals surface area (Å²) >= 11 is 3.24. The molecule has 0 aliphatic rings. The third-order valence-corrected chi connectivity index (χ3v) is 4.60. The lowest BCUT2D eigenvalue weighted by Gasteiger charge is -2.10. The fraction of sp³-hybridized carbons (Fsp3) is 0.0769. The predicted octanol–water partition coefficient (Wildman–Crippen LogP) is 3.66. The van der Waals surface area contributed by atoms with Gasteiger partial charge in [-0.2, -0.15) is 0 Å². The zero-order valence-corrected chi connectivity index (χ0v) is 12.5. The number of alkyl halides is 1. The van der Waals surface area contributed by atoms with Crippen molar-refractivity contribution in [1.29, 1.82) is 0 Å². The lowest BCUT2D eigenvalue weighted by atomic mass is 10.2. The monoisotopic (exact) mass is 361 g/mol. The first kappa shape index (κ1) is 14.9. The predicted molar refractivity (Wildman–Crippen MR) is 76.2 cm³/mol. The van der Waals surface area contributed by atoms with E-state index in [1.54, 1.807) is 12.1 Å². The zero-order valence-electron chi connectivity index (χ0n) is 10.1. The Morgan fingerprint density at radius 1 is 1.00 bits per heavy atom. The van der Waals surface area contributed by atoms with Crippen LogP contribution in [0.25, 0.3) is 0 Å². The van der Waals surface area contributed by atoms with Crippen LogP contribution in [0.1, 0.15) is 5.56 Å². The van der Waals surface area contributed by atoms with Crippen molar-refractivity contribution in [3.05, 3.63) is 59.7 Å². The van der Waals surface area contributed by atoms with Crippen LogP contribution in [0.15, 0.2) is 47.4 Å². The first-order valence-corrected chi connectivity index (χ1v) is 8.16. The first-order chi connectivity index (χ1) is 9.44. The van der Waals surface area contributed by atoms with Crippen molar-refractivity contribution in [2.75, 3.05) is 4.72 Å². The summed E-state index contributed by atoms with van der Waals surface area (Å²) < 4.78 is 52.9. The molecule has 0 saturated heterocycles. The third kappa shape index (κ3) is 3.16. The minimum atomic E-state index is -4.03. The van der Waals surface area contributed by atoms with E-state index >= 15 is 0 Å². The van der Waals surface area contributed by atoms with Crippen LogP contribution in [0.3, 0.4) is 0 Å². The molecule has 0 spiro atoms. The largest absolute Gasteiger partial charge is 0.274 e. The summed E-state index contributed by atoms with van der Waals surface area (Å²) in [5, 5.41) is 0.586. The molecule has 2 aromatic rings. The normalized spacial score (nSPS) is 11.3. The van der Waals surface area contributed by atoms with Crippen molar-refractivity contribution in [2.45, 2.75) is 10.2 Å². The molecule has 2 aromatic carbocycles. The van der Waals surface area contributed by atoms with Crippen molar-refractivity contribution in [2.24, 2.45) is 0 Å². The quantitative estimate of drug-likeness (QED) is 0.844. The van der Waals surface area contributed by atoms with Crippen molar-refractivity contribution in [3.63, 3.8) is 0 Å². The molecule has 0 atom stereocenters. The number of halogens is 3. The molecule has 0 fully saturated rings. The van der Waals surface area contributed by atoms with Crippen LogP contribution in [0.4, 0.5) is 14.5 Å². The third-order valence-electron chi connectivity index (χ3n) is 2.59. The first-order valence-electron chi connectivity index (χ1n) is 5.56. The second kappa shape index (κ2) is 5.88. The fourth-order valence-corrected chi connectivity index (χ4v) is 3.00. The minimum absolute atomic E-state index is 0.0650. The van der Waals surface area contributed by atoms with Crippen LogP contribution in [0.5, 0.6) is 0 Å². The minimum Gasteiger partial charge on any atom is -0.274 e. The Morgan fingerprint density at radius 3 is 2.05 bits per heavy atom. The average molecular weight is 362 g/mol. The van der Waals surface area contributed by atoms with E-state index < -0.39 is 27.3 Å². The maximum absolute atomic E-state index is 13.4. The van der Waals surface area contributed by atoms with Crippen molar-refractivity contribution in [1.82, 2.24) is 0 Å². The lowest BCUT2D eigenvalue weighted by Crippen LogP contribution is -2.15. The summed E-state index contributed by atoms with van der Waals surface area (Å²) in [6, 6.07) is 9.09. The highest BCUT2D eigenvalue weighted by Crippen LogP contribution is 2.22. The van der Waals surface area contributed by atoms with Gasteiger partial charge in [-0.25, -0.2) is 17.2 Å².